The standard InChI is InChI=1S/C9H13FN2/c1-11-5-6-12-9-4-2-3-8(10)7-9/h2-4,7,11-12H,5-6H2,1H3. The molecule has 0 fully saturated rings. The fraction of sp³-hybridized carbons (Fsp3) is 0.333. The quantitative estimate of drug-likeness (QED) is 0.665. The summed E-state index contributed by atoms with van der Waals surface area (Å²) in [7, 11) is 1.88. The van der Waals surface area contributed by atoms with Gasteiger partial charge in [-0.05, 0) is 25.2 Å². The van der Waals surface area contributed by atoms with Crippen LogP contribution in [0.5, 0.6) is 0 Å². The van der Waals surface area contributed by atoms with E-state index in [0.717, 1.165) is 18.8 Å². The summed E-state index contributed by atoms with van der Waals surface area (Å²) in [5, 5.41) is 6.08. The first-order valence-corrected chi connectivity index (χ1v) is 3.97. The first kappa shape index (κ1) is 9.00. The van der Waals surface area contributed by atoms with Crippen molar-refractivity contribution >= 4 is 5.69 Å². The highest BCUT2D eigenvalue weighted by atomic mass is 19.1. The number of anilines is 1. The van der Waals surface area contributed by atoms with Gasteiger partial charge in [0.2, 0.25) is 0 Å². The summed E-state index contributed by atoms with van der Waals surface area (Å²) in [5.41, 5.74) is 0.824. The van der Waals surface area contributed by atoms with E-state index in [1.165, 1.54) is 12.1 Å². The highest BCUT2D eigenvalue weighted by Gasteiger charge is 1.92. The molecule has 0 saturated heterocycles. The number of likely N-dealkylation sites (N-methyl/N-ethyl adjacent to an activating group) is 1. The molecule has 0 aliphatic heterocycles. The van der Waals surface area contributed by atoms with Crippen LogP contribution >= 0.6 is 0 Å². The van der Waals surface area contributed by atoms with Gasteiger partial charge in [-0.15, -0.1) is 0 Å². The van der Waals surface area contributed by atoms with Crippen LogP contribution in [-0.4, -0.2) is 20.1 Å². The summed E-state index contributed by atoms with van der Waals surface area (Å²) in [6.45, 7) is 1.68. The summed E-state index contributed by atoms with van der Waals surface area (Å²) in [6, 6.07) is 6.45. The van der Waals surface area contributed by atoms with E-state index < -0.39 is 0 Å². The van der Waals surface area contributed by atoms with Gasteiger partial charge < -0.3 is 10.6 Å². The Kier molecular flexibility index (Phi) is 3.54. The minimum absolute atomic E-state index is 0.204. The first-order valence-electron chi connectivity index (χ1n) is 3.97. The number of rotatable bonds is 4. The van der Waals surface area contributed by atoms with Gasteiger partial charge in [-0.1, -0.05) is 6.07 Å². The zero-order chi connectivity index (χ0) is 8.81. The summed E-state index contributed by atoms with van der Waals surface area (Å²) < 4.78 is 12.6. The van der Waals surface area contributed by atoms with Crippen LogP contribution in [0.3, 0.4) is 0 Å². The normalized spacial score (nSPS) is 9.83. The van der Waals surface area contributed by atoms with Crippen LogP contribution in [0.2, 0.25) is 0 Å². The van der Waals surface area contributed by atoms with Crippen LogP contribution in [0.25, 0.3) is 0 Å². The second kappa shape index (κ2) is 4.72. The van der Waals surface area contributed by atoms with Crippen LogP contribution in [0.4, 0.5) is 10.1 Å². The second-order valence-corrected chi connectivity index (χ2v) is 2.54. The number of nitrogens with one attached hydrogen (secondary N) is 2. The molecule has 0 spiro atoms. The van der Waals surface area contributed by atoms with Crippen molar-refractivity contribution in [1.82, 2.24) is 5.32 Å². The predicted molar refractivity (Wildman–Crippen MR) is 48.8 cm³/mol. The Morgan fingerprint density at radius 2 is 2.17 bits per heavy atom. The maximum absolute atomic E-state index is 12.6. The van der Waals surface area contributed by atoms with Crippen LogP contribution in [0, 0.1) is 5.82 Å². The monoisotopic (exact) mass is 168 g/mol. The van der Waals surface area contributed by atoms with Crippen LogP contribution < -0.4 is 10.6 Å². The molecule has 3 heteroatoms. The van der Waals surface area contributed by atoms with Crippen LogP contribution in [-0.2, 0) is 0 Å². The molecule has 1 aromatic carbocycles. The fourth-order valence-electron chi connectivity index (χ4n) is 0.930. The molecule has 2 N–H and O–H groups in total. The fourth-order valence-corrected chi connectivity index (χ4v) is 0.930. The molecule has 0 aliphatic carbocycles. The van der Waals surface area contributed by atoms with E-state index in [1.807, 2.05) is 13.1 Å². The summed E-state index contributed by atoms with van der Waals surface area (Å²) >= 11 is 0. The van der Waals surface area contributed by atoms with Crippen molar-refractivity contribution in [3.05, 3.63) is 30.1 Å². The third kappa shape index (κ3) is 2.88. The van der Waals surface area contributed by atoms with E-state index in [0.29, 0.717) is 0 Å². The maximum atomic E-state index is 12.6. The predicted octanol–water partition coefficient (Wildman–Crippen LogP) is 1.46. The van der Waals surface area contributed by atoms with Crippen molar-refractivity contribution in [2.24, 2.45) is 0 Å². The molecule has 2 nitrogen and oxygen atoms in total. The molecule has 66 valence electrons. The molecule has 0 radical (unpaired) electrons. The molecule has 0 bridgehead atoms. The Labute approximate surface area is 71.8 Å². The van der Waals surface area contributed by atoms with Gasteiger partial charge in [0.1, 0.15) is 5.82 Å². The average molecular weight is 168 g/mol. The Bertz CT molecular complexity index is 238. The molecule has 0 aromatic heterocycles. The Morgan fingerprint density at radius 1 is 1.33 bits per heavy atom. The third-order valence-corrected chi connectivity index (χ3v) is 1.53. The van der Waals surface area contributed by atoms with Crippen LogP contribution in [0.15, 0.2) is 24.3 Å². The van der Waals surface area contributed by atoms with Crippen molar-refractivity contribution < 1.29 is 4.39 Å². The van der Waals surface area contributed by atoms with Gasteiger partial charge in [0.05, 0.1) is 0 Å². The summed E-state index contributed by atoms with van der Waals surface area (Å²) in [4.78, 5) is 0. The summed E-state index contributed by atoms with van der Waals surface area (Å²) in [5.74, 6) is -0.204. The van der Waals surface area contributed by atoms with Gasteiger partial charge in [0, 0.05) is 18.8 Å². The van der Waals surface area contributed by atoms with Crippen molar-refractivity contribution in [2.75, 3.05) is 25.5 Å². The van der Waals surface area contributed by atoms with E-state index in [-0.39, 0.29) is 5.82 Å². The molecule has 0 aliphatic rings. The molecule has 0 heterocycles. The van der Waals surface area contributed by atoms with E-state index in [1.54, 1.807) is 6.07 Å². The van der Waals surface area contributed by atoms with Gasteiger partial charge in [-0.2, -0.15) is 0 Å². The molecule has 0 atom stereocenters. The number of hydrogen-bond donors (Lipinski definition) is 2. The topological polar surface area (TPSA) is 24.1 Å². The number of benzene rings is 1. The molecule has 0 unspecified atom stereocenters. The largest absolute Gasteiger partial charge is 0.384 e. The van der Waals surface area contributed by atoms with Crippen molar-refractivity contribution in [3.63, 3.8) is 0 Å². The van der Waals surface area contributed by atoms with Crippen molar-refractivity contribution in [1.29, 1.82) is 0 Å². The van der Waals surface area contributed by atoms with Gasteiger partial charge >= 0.3 is 0 Å². The third-order valence-electron chi connectivity index (χ3n) is 1.53. The van der Waals surface area contributed by atoms with Crippen LogP contribution in [0.1, 0.15) is 0 Å². The number of hydrogen-bond acceptors (Lipinski definition) is 2. The molecule has 12 heavy (non-hydrogen) atoms. The van der Waals surface area contributed by atoms with Gasteiger partial charge in [0.15, 0.2) is 0 Å². The first-order chi connectivity index (χ1) is 5.83. The molecule has 1 rings (SSSR count). The minimum Gasteiger partial charge on any atom is -0.384 e. The SMILES string of the molecule is CNCCNc1cccc(F)c1. The van der Waals surface area contributed by atoms with E-state index in [9.17, 15) is 4.39 Å². The second-order valence-electron chi connectivity index (χ2n) is 2.54. The Morgan fingerprint density at radius 3 is 2.83 bits per heavy atom. The van der Waals surface area contributed by atoms with E-state index in [4.69, 9.17) is 0 Å². The van der Waals surface area contributed by atoms with Gasteiger partial charge in [-0.3, -0.25) is 0 Å². The lowest BCUT2D eigenvalue weighted by Gasteiger charge is -2.04. The Balaban J connectivity index is 2.41. The molecule has 0 saturated carbocycles. The van der Waals surface area contributed by atoms with E-state index >= 15 is 0 Å². The minimum atomic E-state index is -0.204. The smallest absolute Gasteiger partial charge is 0.125 e. The summed E-state index contributed by atoms with van der Waals surface area (Å²) in [6.07, 6.45) is 0. The highest BCUT2D eigenvalue weighted by Crippen LogP contribution is 2.07. The lowest BCUT2D eigenvalue weighted by atomic mass is 10.3. The Hall–Kier alpha value is -1.09. The zero-order valence-corrected chi connectivity index (χ0v) is 7.10. The molecular formula is C9H13FN2. The van der Waals surface area contributed by atoms with E-state index in [2.05, 4.69) is 10.6 Å². The van der Waals surface area contributed by atoms with Crippen molar-refractivity contribution in [3.8, 4) is 0 Å². The van der Waals surface area contributed by atoms with Gasteiger partial charge in [-0.25, -0.2) is 4.39 Å². The lowest BCUT2D eigenvalue weighted by Crippen LogP contribution is -2.17. The van der Waals surface area contributed by atoms with Crippen molar-refractivity contribution in [2.45, 2.75) is 0 Å². The zero-order valence-electron chi connectivity index (χ0n) is 7.10. The molecule has 0 amide bonds. The molecular weight excluding hydrogens is 155 g/mol. The number of halogens is 1. The van der Waals surface area contributed by atoms with Gasteiger partial charge in [0.25, 0.3) is 0 Å². The highest BCUT2D eigenvalue weighted by molar-refractivity contribution is 5.42. The lowest BCUT2D eigenvalue weighted by molar-refractivity contribution is 0.628. The molecule has 1 aromatic rings. The average Bonchev–Trinajstić information content (AvgIpc) is 2.05. The maximum Gasteiger partial charge on any atom is 0.125 e.